The molecule has 0 aromatic heterocycles. The van der Waals surface area contributed by atoms with E-state index in [2.05, 4.69) is 10.5 Å². The van der Waals surface area contributed by atoms with Crippen molar-refractivity contribution in [3.8, 4) is 5.75 Å². The number of fused-ring (bicyclic) bond motifs is 1. The Morgan fingerprint density at radius 3 is 2.85 bits per heavy atom. The Bertz CT molecular complexity index is 797. The first-order valence-corrected chi connectivity index (χ1v) is 8.74. The van der Waals surface area contributed by atoms with Crippen molar-refractivity contribution < 1.29 is 24.3 Å². The number of Topliss-reactive ketones (excluding diaryl/α,β-unsaturated/α-hetero) is 1. The summed E-state index contributed by atoms with van der Waals surface area (Å²) in [6.45, 7) is 4.07. The number of carbonyl (C=O) groups is 2. The van der Waals surface area contributed by atoms with E-state index in [0.29, 0.717) is 36.6 Å². The van der Waals surface area contributed by atoms with Crippen molar-refractivity contribution >= 4 is 23.1 Å². The lowest BCUT2D eigenvalue weighted by atomic mass is 9.81. The van der Waals surface area contributed by atoms with Gasteiger partial charge in [-0.2, -0.15) is 0 Å². The standard InChI is InChI=1S/C19H22N2O5/c1-3-13(21-26-4-2)19-15(22)8-12(9-16(19)23)11-5-6-17-14(7-11)20-18(24)10-25-17/h5-7,12,22H,3-4,8-10H2,1-2H3,(H,20,24). The smallest absolute Gasteiger partial charge is 0.262 e. The Morgan fingerprint density at radius 1 is 1.35 bits per heavy atom. The molecule has 1 heterocycles. The van der Waals surface area contributed by atoms with Gasteiger partial charge in [0.1, 0.15) is 18.1 Å². The van der Waals surface area contributed by atoms with Gasteiger partial charge in [-0.25, -0.2) is 0 Å². The van der Waals surface area contributed by atoms with Crippen LogP contribution < -0.4 is 10.1 Å². The Morgan fingerprint density at radius 2 is 2.15 bits per heavy atom. The van der Waals surface area contributed by atoms with Gasteiger partial charge in [-0.3, -0.25) is 9.59 Å². The zero-order valence-electron chi connectivity index (χ0n) is 14.9. The van der Waals surface area contributed by atoms with Crippen LogP contribution in [0, 0.1) is 0 Å². The molecule has 7 nitrogen and oxygen atoms in total. The second kappa shape index (κ2) is 7.59. The molecular formula is C19H22N2O5. The summed E-state index contributed by atoms with van der Waals surface area (Å²) in [4.78, 5) is 29.2. The number of nitrogens with zero attached hydrogens (tertiary/aromatic N) is 1. The predicted molar refractivity (Wildman–Crippen MR) is 96.6 cm³/mol. The van der Waals surface area contributed by atoms with Crippen LogP contribution in [0.5, 0.6) is 5.75 Å². The van der Waals surface area contributed by atoms with Crippen molar-refractivity contribution in [2.45, 2.75) is 39.0 Å². The van der Waals surface area contributed by atoms with Gasteiger partial charge in [0.15, 0.2) is 12.4 Å². The van der Waals surface area contributed by atoms with E-state index >= 15 is 0 Å². The highest BCUT2D eigenvalue weighted by Gasteiger charge is 2.32. The van der Waals surface area contributed by atoms with Crippen molar-refractivity contribution in [1.29, 1.82) is 0 Å². The minimum Gasteiger partial charge on any atom is -0.511 e. The SMILES string of the molecule is CCON=C(CC)C1=C(O)CC(c2ccc3c(c2)NC(=O)CO3)CC1=O. The lowest BCUT2D eigenvalue weighted by molar-refractivity contribution is -0.118. The monoisotopic (exact) mass is 358 g/mol. The molecule has 0 fully saturated rings. The van der Waals surface area contributed by atoms with E-state index in [-0.39, 0.29) is 42.0 Å². The molecule has 1 atom stereocenters. The van der Waals surface area contributed by atoms with Gasteiger partial charge in [-0.15, -0.1) is 0 Å². The van der Waals surface area contributed by atoms with Gasteiger partial charge < -0.3 is 20.0 Å². The van der Waals surface area contributed by atoms with E-state index in [0.717, 1.165) is 5.56 Å². The second-order valence-corrected chi connectivity index (χ2v) is 6.25. The van der Waals surface area contributed by atoms with Crippen LogP contribution in [0.3, 0.4) is 0 Å². The van der Waals surface area contributed by atoms with E-state index in [4.69, 9.17) is 9.57 Å². The highest BCUT2D eigenvalue weighted by molar-refractivity contribution is 6.23. The number of ketones is 1. The van der Waals surface area contributed by atoms with E-state index in [1.54, 1.807) is 12.1 Å². The van der Waals surface area contributed by atoms with Gasteiger partial charge in [-0.05, 0) is 37.0 Å². The van der Waals surface area contributed by atoms with Gasteiger partial charge in [-0.1, -0.05) is 18.1 Å². The number of allylic oxidation sites excluding steroid dienone is 2. The van der Waals surface area contributed by atoms with Crippen LogP contribution >= 0.6 is 0 Å². The number of hydrogen-bond donors (Lipinski definition) is 2. The molecule has 0 radical (unpaired) electrons. The number of oxime groups is 1. The minimum absolute atomic E-state index is 0.000107. The van der Waals surface area contributed by atoms with Gasteiger partial charge in [0.05, 0.1) is 17.0 Å². The van der Waals surface area contributed by atoms with Crippen LogP contribution in [0.25, 0.3) is 0 Å². The molecule has 0 bridgehead atoms. The van der Waals surface area contributed by atoms with Gasteiger partial charge in [0.25, 0.3) is 5.91 Å². The summed E-state index contributed by atoms with van der Waals surface area (Å²) >= 11 is 0. The number of anilines is 1. The number of aliphatic hydroxyl groups excluding tert-OH is 1. The lowest BCUT2D eigenvalue weighted by Crippen LogP contribution is -2.26. The molecule has 0 saturated carbocycles. The highest BCUT2D eigenvalue weighted by Crippen LogP contribution is 2.38. The summed E-state index contributed by atoms with van der Waals surface area (Å²) in [6, 6.07) is 5.44. The van der Waals surface area contributed by atoms with E-state index in [1.807, 2.05) is 19.9 Å². The predicted octanol–water partition coefficient (Wildman–Crippen LogP) is 3.08. The van der Waals surface area contributed by atoms with Crippen molar-refractivity contribution in [1.82, 2.24) is 0 Å². The molecule has 138 valence electrons. The third kappa shape index (κ3) is 3.56. The first-order valence-electron chi connectivity index (χ1n) is 8.74. The third-order valence-electron chi connectivity index (χ3n) is 4.47. The summed E-state index contributed by atoms with van der Waals surface area (Å²) in [6.07, 6.45) is 1.09. The topological polar surface area (TPSA) is 97.2 Å². The molecule has 1 aliphatic carbocycles. The van der Waals surface area contributed by atoms with E-state index in [1.165, 1.54) is 0 Å². The minimum atomic E-state index is -0.209. The number of aliphatic hydroxyl groups is 1. The molecule has 26 heavy (non-hydrogen) atoms. The van der Waals surface area contributed by atoms with Crippen molar-refractivity contribution in [3.05, 3.63) is 35.1 Å². The average molecular weight is 358 g/mol. The molecular weight excluding hydrogens is 336 g/mol. The number of benzene rings is 1. The lowest BCUT2D eigenvalue weighted by Gasteiger charge is -2.25. The molecule has 3 rings (SSSR count). The summed E-state index contributed by atoms with van der Waals surface area (Å²) in [7, 11) is 0. The van der Waals surface area contributed by atoms with Crippen molar-refractivity contribution in [3.63, 3.8) is 0 Å². The van der Waals surface area contributed by atoms with Gasteiger partial charge in [0.2, 0.25) is 0 Å². The maximum Gasteiger partial charge on any atom is 0.262 e. The maximum atomic E-state index is 12.6. The fourth-order valence-corrected chi connectivity index (χ4v) is 3.24. The third-order valence-corrected chi connectivity index (χ3v) is 4.47. The molecule has 7 heteroatoms. The number of carbonyl (C=O) groups excluding carboxylic acids is 2. The molecule has 1 unspecified atom stereocenters. The molecule has 1 aromatic carbocycles. The van der Waals surface area contributed by atoms with Crippen LogP contribution in [0.15, 0.2) is 34.7 Å². The highest BCUT2D eigenvalue weighted by atomic mass is 16.6. The van der Waals surface area contributed by atoms with Crippen LogP contribution in [-0.2, 0) is 14.4 Å². The summed E-state index contributed by atoms with van der Waals surface area (Å²) in [5.41, 5.74) is 2.20. The molecule has 1 aliphatic heterocycles. The first kappa shape index (κ1) is 18.0. The van der Waals surface area contributed by atoms with Crippen LogP contribution in [0.1, 0.15) is 44.6 Å². The van der Waals surface area contributed by atoms with Gasteiger partial charge in [0, 0.05) is 12.8 Å². The van der Waals surface area contributed by atoms with E-state index < -0.39 is 0 Å². The van der Waals surface area contributed by atoms with Crippen LogP contribution in [0.2, 0.25) is 0 Å². The number of amides is 1. The zero-order chi connectivity index (χ0) is 18.7. The van der Waals surface area contributed by atoms with Crippen molar-refractivity contribution in [2.75, 3.05) is 18.5 Å². The Kier molecular flexibility index (Phi) is 5.25. The molecule has 2 aliphatic rings. The zero-order valence-corrected chi connectivity index (χ0v) is 14.9. The molecule has 0 saturated heterocycles. The fraction of sp³-hybridized carbons (Fsp3) is 0.421. The fourth-order valence-electron chi connectivity index (χ4n) is 3.24. The number of rotatable bonds is 5. The molecule has 1 aromatic rings. The Balaban J connectivity index is 1.86. The molecule has 1 amide bonds. The largest absolute Gasteiger partial charge is 0.511 e. The first-order chi connectivity index (χ1) is 12.5. The van der Waals surface area contributed by atoms with Crippen LogP contribution in [0.4, 0.5) is 5.69 Å². The summed E-state index contributed by atoms with van der Waals surface area (Å²) in [5, 5.41) is 17.2. The average Bonchev–Trinajstić information content (AvgIpc) is 2.63. The van der Waals surface area contributed by atoms with Crippen LogP contribution in [-0.4, -0.2) is 35.7 Å². The normalized spacial score (nSPS) is 20.4. The number of hydrogen-bond acceptors (Lipinski definition) is 6. The Labute approximate surface area is 151 Å². The quantitative estimate of drug-likeness (QED) is 0.623. The van der Waals surface area contributed by atoms with Crippen molar-refractivity contribution in [2.24, 2.45) is 5.16 Å². The van der Waals surface area contributed by atoms with E-state index in [9.17, 15) is 14.7 Å². The summed E-state index contributed by atoms with van der Waals surface area (Å²) < 4.78 is 5.35. The summed E-state index contributed by atoms with van der Waals surface area (Å²) in [5.74, 6) is 0.106. The molecule has 2 N–H and O–H groups in total. The number of ether oxygens (including phenoxy) is 1. The molecule has 0 spiro atoms. The Hall–Kier alpha value is -2.83. The van der Waals surface area contributed by atoms with Gasteiger partial charge >= 0.3 is 0 Å². The second-order valence-electron chi connectivity index (χ2n) is 6.25. The maximum absolute atomic E-state index is 12.6. The number of nitrogens with one attached hydrogen (secondary N) is 1.